The Morgan fingerprint density at radius 3 is 1.26 bits per heavy atom. The summed E-state index contributed by atoms with van der Waals surface area (Å²) in [5.74, 6) is -0.220. The van der Waals surface area contributed by atoms with Crippen molar-refractivity contribution in [3.05, 3.63) is 157 Å². The van der Waals surface area contributed by atoms with Gasteiger partial charge in [-0.2, -0.15) is 12.1 Å². The van der Waals surface area contributed by atoms with Gasteiger partial charge in [0.15, 0.2) is 0 Å². The van der Waals surface area contributed by atoms with Crippen molar-refractivity contribution >= 4 is 79.5 Å². The van der Waals surface area contributed by atoms with Crippen LogP contribution in [0.4, 0.5) is 0 Å². The number of fused-ring (bicyclic) bond motifs is 4. The molecular formula is C46H42BCl2N2O2Zr. The van der Waals surface area contributed by atoms with Crippen LogP contribution in [-0.4, -0.2) is 19.4 Å². The molecular weight excluding hydrogens is 785 g/mol. The third kappa shape index (κ3) is 10.4. The fourth-order valence-corrected chi connectivity index (χ4v) is 6.56. The van der Waals surface area contributed by atoms with Gasteiger partial charge in [0.1, 0.15) is 0 Å². The standard InChI is InChI=1S/2C20H15.C6H12BN2O2.2ClH.Zr/c2*1-14-12-16-8-5-11-19(20(16)13-14)18-10-4-7-15-6-2-3-9-17(15)18;1-3-5(10)8-7-9-6(11)4-2;;;/h2*2-13H,1H3;3-4H2,1-2H3,(H,8,10)(H,9,11);2*1H;/q2*-1;;;;+4/p-2. The predicted molar refractivity (Wildman–Crippen MR) is 229 cm³/mol. The quantitative estimate of drug-likeness (QED) is 0.130. The van der Waals surface area contributed by atoms with Gasteiger partial charge in [-0.25, -0.2) is 0 Å². The van der Waals surface area contributed by atoms with E-state index in [9.17, 15) is 9.59 Å². The molecule has 0 unspecified atom stereocenters. The van der Waals surface area contributed by atoms with Gasteiger partial charge in [-0.05, 0) is 32.7 Å². The van der Waals surface area contributed by atoms with Crippen LogP contribution in [0.3, 0.4) is 0 Å². The molecule has 0 bridgehead atoms. The van der Waals surface area contributed by atoms with Gasteiger partial charge in [0.25, 0.3) is 0 Å². The van der Waals surface area contributed by atoms with E-state index in [4.69, 9.17) is 17.0 Å². The Labute approximate surface area is 337 Å². The van der Waals surface area contributed by atoms with Gasteiger partial charge in [-0.1, -0.05) is 136 Å². The van der Waals surface area contributed by atoms with Crippen LogP contribution in [0, 0.1) is 13.8 Å². The van der Waals surface area contributed by atoms with Gasteiger partial charge in [0, 0.05) is 12.8 Å². The molecule has 0 aromatic heterocycles. The molecule has 8 aromatic rings. The summed E-state index contributed by atoms with van der Waals surface area (Å²) in [6.45, 7) is 7.80. The third-order valence-corrected chi connectivity index (χ3v) is 9.06. The summed E-state index contributed by atoms with van der Waals surface area (Å²) < 4.78 is 0. The van der Waals surface area contributed by atoms with Crippen molar-refractivity contribution < 1.29 is 30.4 Å². The average Bonchev–Trinajstić information content (AvgIpc) is 3.79. The SMILES string of the molecule is CCC(=O)N[B]NC(=O)CC.Cc1cc2c(-c3cccc4ccccc34)cccc2[cH-]1.Cc1cc2c(-c3cccc4ccccc34)cccc2[cH-]1.[Cl][Zr+2][Cl]. The number of benzene rings is 6. The average molecular weight is 828 g/mol. The predicted octanol–water partition coefficient (Wildman–Crippen LogP) is 12.3. The number of amides is 2. The first-order chi connectivity index (χ1) is 26.3. The van der Waals surface area contributed by atoms with Gasteiger partial charge < -0.3 is 10.5 Å². The summed E-state index contributed by atoms with van der Waals surface area (Å²) >= 11 is -0.826. The second kappa shape index (κ2) is 20.3. The van der Waals surface area contributed by atoms with Crippen molar-refractivity contribution in [3.8, 4) is 22.3 Å². The van der Waals surface area contributed by atoms with E-state index >= 15 is 0 Å². The normalized spacial score (nSPS) is 10.3. The molecule has 4 nitrogen and oxygen atoms in total. The fraction of sp³-hybridized carbons (Fsp3) is 0.130. The molecule has 0 saturated carbocycles. The minimum absolute atomic E-state index is 0.110. The van der Waals surface area contributed by atoms with E-state index in [1.807, 2.05) is 0 Å². The summed E-state index contributed by atoms with van der Waals surface area (Å²) in [5.41, 5.74) is 7.94. The van der Waals surface area contributed by atoms with Gasteiger partial charge in [-0.3, -0.25) is 9.59 Å². The Morgan fingerprint density at radius 1 is 0.537 bits per heavy atom. The molecule has 0 saturated heterocycles. The molecule has 8 aromatic carbocycles. The van der Waals surface area contributed by atoms with Crippen LogP contribution in [0.15, 0.2) is 146 Å². The molecule has 8 heteroatoms. The maximum absolute atomic E-state index is 10.6. The molecule has 0 spiro atoms. The van der Waals surface area contributed by atoms with E-state index in [0.717, 1.165) is 0 Å². The molecule has 0 aliphatic carbocycles. The zero-order chi connectivity index (χ0) is 38.5. The van der Waals surface area contributed by atoms with Crippen molar-refractivity contribution in [1.29, 1.82) is 0 Å². The van der Waals surface area contributed by atoms with Crippen LogP contribution in [0.2, 0.25) is 0 Å². The second-order valence-electron chi connectivity index (χ2n) is 12.8. The molecule has 0 aliphatic heterocycles. The van der Waals surface area contributed by atoms with Crippen molar-refractivity contribution in [2.45, 2.75) is 40.5 Å². The van der Waals surface area contributed by atoms with Crippen molar-refractivity contribution in [2.75, 3.05) is 0 Å². The van der Waals surface area contributed by atoms with Crippen LogP contribution in [0.25, 0.3) is 65.3 Å². The first kappa shape index (κ1) is 40.7. The number of rotatable bonds is 6. The van der Waals surface area contributed by atoms with Crippen LogP contribution < -0.4 is 10.5 Å². The zero-order valence-corrected chi connectivity index (χ0v) is 34.9. The number of carbonyl (C=O) groups is 2. The Morgan fingerprint density at radius 2 is 0.870 bits per heavy atom. The van der Waals surface area contributed by atoms with E-state index in [-0.39, 0.29) is 11.8 Å². The van der Waals surface area contributed by atoms with Gasteiger partial charge in [0.2, 0.25) is 11.8 Å². The maximum atomic E-state index is 10.6. The fourth-order valence-electron chi connectivity index (χ4n) is 6.56. The number of hydrogen-bond donors (Lipinski definition) is 2. The van der Waals surface area contributed by atoms with Crippen molar-refractivity contribution in [1.82, 2.24) is 10.5 Å². The third-order valence-electron chi connectivity index (χ3n) is 9.06. The molecule has 0 fully saturated rings. The number of hydrogen-bond acceptors (Lipinski definition) is 2. The summed E-state index contributed by atoms with van der Waals surface area (Å²) in [5, 5.41) is 15.4. The number of nitrogens with one attached hydrogen (secondary N) is 2. The number of carbonyl (C=O) groups excluding carboxylic acids is 2. The van der Waals surface area contributed by atoms with Crippen LogP contribution >= 0.6 is 17.0 Å². The van der Waals surface area contributed by atoms with Gasteiger partial charge in [-0.15, -0.1) is 69.1 Å². The molecule has 8 rings (SSSR count). The molecule has 2 amide bonds. The van der Waals surface area contributed by atoms with Crippen LogP contribution in [0.5, 0.6) is 0 Å². The molecule has 1 radical (unpaired) electrons. The Balaban J connectivity index is 0.000000157. The van der Waals surface area contributed by atoms with Crippen molar-refractivity contribution in [2.24, 2.45) is 0 Å². The van der Waals surface area contributed by atoms with E-state index in [1.54, 1.807) is 13.8 Å². The molecule has 0 heterocycles. The molecule has 2 N–H and O–H groups in total. The summed E-state index contributed by atoms with van der Waals surface area (Å²) in [7, 11) is 11.1. The van der Waals surface area contributed by atoms with Crippen LogP contribution in [0.1, 0.15) is 37.8 Å². The first-order valence-electron chi connectivity index (χ1n) is 17.9. The van der Waals surface area contributed by atoms with Crippen LogP contribution in [-0.2, 0) is 30.4 Å². The summed E-state index contributed by atoms with van der Waals surface area (Å²) in [6, 6.07) is 52.5. The zero-order valence-electron chi connectivity index (χ0n) is 30.9. The number of aryl methyl sites for hydroxylation is 2. The number of halogens is 2. The van der Waals surface area contributed by atoms with E-state index < -0.39 is 20.8 Å². The summed E-state index contributed by atoms with van der Waals surface area (Å²) in [4.78, 5) is 21.2. The van der Waals surface area contributed by atoms with E-state index in [1.165, 1.54) is 84.0 Å². The second-order valence-corrected chi connectivity index (χ2v) is 16.5. The Bertz CT molecular complexity index is 2310. The van der Waals surface area contributed by atoms with Crippen molar-refractivity contribution in [3.63, 3.8) is 0 Å². The molecule has 0 aliphatic rings. The van der Waals surface area contributed by atoms with Gasteiger partial charge >= 0.3 is 45.4 Å². The minimum atomic E-state index is -0.826. The Kier molecular flexibility index (Phi) is 15.3. The van der Waals surface area contributed by atoms with Gasteiger partial charge in [0.05, 0.1) is 0 Å². The molecule has 54 heavy (non-hydrogen) atoms. The summed E-state index contributed by atoms with van der Waals surface area (Å²) in [6.07, 6.45) is 0.830. The first-order valence-corrected chi connectivity index (χ1v) is 24.3. The van der Waals surface area contributed by atoms with E-state index in [0.29, 0.717) is 12.8 Å². The molecule has 269 valence electrons. The monoisotopic (exact) mass is 825 g/mol. The van der Waals surface area contributed by atoms with E-state index in [2.05, 4.69) is 170 Å². The Hall–Kier alpha value is -4.47. The molecule has 0 atom stereocenters. The topological polar surface area (TPSA) is 58.2 Å².